The van der Waals surface area contributed by atoms with Crippen LogP contribution in [0.25, 0.3) is 0 Å². The van der Waals surface area contributed by atoms with Crippen molar-refractivity contribution in [2.24, 2.45) is 5.73 Å². The Labute approximate surface area is 60.1 Å². The molecule has 4 nitrogen and oxygen atoms in total. The van der Waals surface area contributed by atoms with Crippen molar-refractivity contribution in [1.82, 2.24) is 14.8 Å². The number of aromatic nitrogens is 3. The highest BCUT2D eigenvalue weighted by molar-refractivity contribution is 4.62. The molecule has 0 spiro atoms. The van der Waals surface area contributed by atoms with E-state index in [9.17, 15) is 0 Å². The van der Waals surface area contributed by atoms with Crippen LogP contribution in [0.15, 0.2) is 12.7 Å². The topological polar surface area (TPSA) is 56.7 Å². The Kier molecular flexibility index (Phi) is 2.39. The predicted molar refractivity (Wildman–Crippen MR) is 38.3 cm³/mol. The number of nitrogens with zero attached hydrogens (tertiary/aromatic N) is 3. The fourth-order valence-electron chi connectivity index (χ4n) is 0.690. The fourth-order valence-corrected chi connectivity index (χ4v) is 0.690. The highest BCUT2D eigenvalue weighted by Gasteiger charge is 1.94. The molecule has 0 bridgehead atoms. The monoisotopic (exact) mass is 140 g/mol. The lowest BCUT2D eigenvalue weighted by atomic mass is 10.2. The molecule has 1 aromatic heterocycles. The van der Waals surface area contributed by atoms with E-state index in [0.29, 0.717) is 0 Å². The maximum absolute atomic E-state index is 5.55. The molecule has 1 aromatic rings. The Morgan fingerprint density at radius 2 is 2.10 bits per heavy atom. The highest BCUT2D eigenvalue weighted by Crippen LogP contribution is 1.90. The minimum absolute atomic E-state index is 0.252. The highest BCUT2D eigenvalue weighted by atomic mass is 15.2. The Bertz CT molecular complexity index is 168. The van der Waals surface area contributed by atoms with Crippen LogP contribution in [-0.2, 0) is 6.54 Å². The summed E-state index contributed by atoms with van der Waals surface area (Å²) in [5.41, 5.74) is 5.55. The van der Waals surface area contributed by atoms with Crippen LogP contribution in [0.5, 0.6) is 0 Å². The van der Waals surface area contributed by atoms with Gasteiger partial charge in [-0.3, -0.25) is 0 Å². The lowest BCUT2D eigenvalue weighted by molar-refractivity contribution is 0.569. The zero-order chi connectivity index (χ0) is 7.40. The third-order valence-corrected chi connectivity index (χ3v) is 1.31. The normalized spacial score (nSPS) is 13.4. The molecule has 1 unspecified atom stereocenters. The van der Waals surface area contributed by atoms with Crippen LogP contribution in [-0.4, -0.2) is 20.8 Å². The molecule has 0 fully saturated rings. The van der Waals surface area contributed by atoms with E-state index in [4.69, 9.17) is 5.73 Å². The molecular formula is C6H12N4. The summed E-state index contributed by atoms with van der Waals surface area (Å²) >= 11 is 0. The largest absolute Gasteiger partial charge is 0.328 e. The van der Waals surface area contributed by atoms with E-state index >= 15 is 0 Å². The number of hydrogen-bond acceptors (Lipinski definition) is 3. The second kappa shape index (κ2) is 3.31. The van der Waals surface area contributed by atoms with Crippen LogP contribution >= 0.6 is 0 Å². The Morgan fingerprint density at radius 3 is 2.60 bits per heavy atom. The van der Waals surface area contributed by atoms with Crippen molar-refractivity contribution in [3.05, 3.63) is 12.7 Å². The summed E-state index contributed by atoms with van der Waals surface area (Å²) in [4.78, 5) is 0. The van der Waals surface area contributed by atoms with Crippen molar-refractivity contribution in [1.29, 1.82) is 0 Å². The first-order valence-electron chi connectivity index (χ1n) is 3.37. The molecular weight excluding hydrogens is 128 g/mol. The third-order valence-electron chi connectivity index (χ3n) is 1.31. The summed E-state index contributed by atoms with van der Waals surface area (Å²) in [6, 6.07) is 0.252. The van der Waals surface area contributed by atoms with Gasteiger partial charge in [0, 0.05) is 12.6 Å². The minimum atomic E-state index is 0.252. The molecule has 0 aliphatic rings. The van der Waals surface area contributed by atoms with Gasteiger partial charge in [-0.15, -0.1) is 10.2 Å². The van der Waals surface area contributed by atoms with Gasteiger partial charge in [0.15, 0.2) is 0 Å². The molecule has 1 atom stereocenters. The van der Waals surface area contributed by atoms with E-state index in [-0.39, 0.29) is 6.04 Å². The summed E-state index contributed by atoms with van der Waals surface area (Å²) in [6.45, 7) is 2.90. The molecule has 0 saturated carbocycles. The lowest BCUT2D eigenvalue weighted by Gasteiger charge is -2.03. The van der Waals surface area contributed by atoms with Crippen LogP contribution in [0.2, 0.25) is 0 Å². The molecule has 1 rings (SSSR count). The van der Waals surface area contributed by atoms with Gasteiger partial charge in [0.2, 0.25) is 0 Å². The first-order valence-corrected chi connectivity index (χ1v) is 3.37. The summed E-state index contributed by atoms with van der Waals surface area (Å²) in [6.07, 6.45) is 4.36. The van der Waals surface area contributed by atoms with Gasteiger partial charge in [0.05, 0.1) is 0 Å². The van der Waals surface area contributed by atoms with Crippen molar-refractivity contribution in [3.8, 4) is 0 Å². The molecule has 2 N–H and O–H groups in total. The average molecular weight is 140 g/mol. The third kappa shape index (κ3) is 2.14. The number of hydrogen-bond donors (Lipinski definition) is 1. The maximum Gasteiger partial charge on any atom is 0.119 e. The van der Waals surface area contributed by atoms with Gasteiger partial charge in [-0.2, -0.15) is 0 Å². The van der Waals surface area contributed by atoms with Crippen molar-refractivity contribution >= 4 is 0 Å². The van der Waals surface area contributed by atoms with Crippen LogP contribution in [0.1, 0.15) is 13.3 Å². The van der Waals surface area contributed by atoms with E-state index in [2.05, 4.69) is 10.2 Å². The summed E-state index contributed by atoms with van der Waals surface area (Å²) in [5.74, 6) is 0. The standard InChI is InChI=1S/C6H12N4/c1-6(7)2-3-10-4-8-9-5-10/h4-6H,2-3,7H2,1H3. The quantitative estimate of drug-likeness (QED) is 0.643. The summed E-state index contributed by atoms with van der Waals surface area (Å²) in [7, 11) is 0. The van der Waals surface area contributed by atoms with Crippen molar-refractivity contribution in [2.45, 2.75) is 25.9 Å². The van der Waals surface area contributed by atoms with E-state index in [1.807, 2.05) is 11.5 Å². The Morgan fingerprint density at radius 1 is 1.50 bits per heavy atom. The van der Waals surface area contributed by atoms with Gasteiger partial charge < -0.3 is 10.3 Å². The fraction of sp³-hybridized carbons (Fsp3) is 0.667. The van der Waals surface area contributed by atoms with E-state index in [1.54, 1.807) is 12.7 Å². The van der Waals surface area contributed by atoms with E-state index in [0.717, 1.165) is 13.0 Å². The molecule has 0 aliphatic heterocycles. The molecule has 0 radical (unpaired) electrons. The second-order valence-electron chi connectivity index (χ2n) is 2.47. The first-order chi connectivity index (χ1) is 4.79. The number of nitrogens with two attached hydrogens (primary N) is 1. The maximum atomic E-state index is 5.55. The molecule has 56 valence electrons. The van der Waals surface area contributed by atoms with Crippen LogP contribution in [0, 0.1) is 0 Å². The van der Waals surface area contributed by atoms with Crippen LogP contribution < -0.4 is 5.73 Å². The molecule has 0 aromatic carbocycles. The SMILES string of the molecule is CC(N)CCn1cnnc1. The molecule has 10 heavy (non-hydrogen) atoms. The van der Waals surface area contributed by atoms with Crippen molar-refractivity contribution in [3.63, 3.8) is 0 Å². The van der Waals surface area contributed by atoms with Gasteiger partial charge in [0.1, 0.15) is 12.7 Å². The first kappa shape index (κ1) is 7.21. The summed E-state index contributed by atoms with van der Waals surface area (Å²) < 4.78 is 1.92. The minimum Gasteiger partial charge on any atom is -0.328 e. The van der Waals surface area contributed by atoms with Gasteiger partial charge in [-0.1, -0.05) is 0 Å². The van der Waals surface area contributed by atoms with Gasteiger partial charge in [-0.05, 0) is 13.3 Å². The number of rotatable bonds is 3. The van der Waals surface area contributed by atoms with Crippen molar-refractivity contribution in [2.75, 3.05) is 0 Å². The zero-order valence-corrected chi connectivity index (χ0v) is 6.07. The molecule has 0 saturated heterocycles. The summed E-state index contributed by atoms with van der Waals surface area (Å²) in [5, 5.41) is 7.34. The molecule has 0 amide bonds. The molecule has 0 aliphatic carbocycles. The Hall–Kier alpha value is -0.900. The van der Waals surface area contributed by atoms with Crippen LogP contribution in [0.3, 0.4) is 0 Å². The van der Waals surface area contributed by atoms with Gasteiger partial charge in [0.25, 0.3) is 0 Å². The van der Waals surface area contributed by atoms with Crippen molar-refractivity contribution < 1.29 is 0 Å². The molecule has 1 heterocycles. The van der Waals surface area contributed by atoms with Crippen LogP contribution in [0.4, 0.5) is 0 Å². The zero-order valence-electron chi connectivity index (χ0n) is 6.07. The van der Waals surface area contributed by atoms with E-state index in [1.165, 1.54) is 0 Å². The smallest absolute Gasteiger partial charge is 0.119 e. The van der Waals surface area contributed by atoms with E-state index < -0.39 is 0 Å². The number of aryl methyl sites for hydroxylation is 1. The predicted octanol–water partition coefficient (Wildman–Crippen LogP) is 0.0154. The van der Waals surface area contributed by atoms with Gasteiger partial charge >= 0.3 is 0 Å². The van der Waals surface area contributed by atoms with Gasteiger partial charge in [-0.25, -0.2) is 0 Å². The average Bonchev–Trinajstić information content (AvgIpc) is 2.34. The second-order valence-corrected chi connectivity index (χ2v) is 2.47. The lowest BCUT2D eigenvalue weighted by Crippen LogP contribution is -2.16. The molecule has 4 heteroatoms. The Balaban J connectivity index is 2.28.